The van der Waals surface area contributed by atoms with Crippen molar-refractivity contribution in [2.24, 2.45) is 0 Å². The molecule has 0 aliphatic rings. The van der Waals surface area contributed by atoms with Crippen molar-refractivity contribution < 1.29 is 31.9 Å². The molecule has 0 bridgehead atoms. The summed E-state index contributed by atoms with van der Waals surface area (Å²) >= 11 is 0. The molecule has 0 atom stereocenters. The quantitative estimate of drug-likeness (QED) is 0.396. The number of esters is 1. The number of furan rings is 1. The lowest BCUT2D eigenvalue weighted by atomic mass is 10.1. The van der Waals surface area contributed by atoms with Gasteiger partial charge in [-0.3, -0.25) is 4.79 Å². The molecular weight excluding hydrogens is 465 g/mol. The second-order valence-corrected chi connectivity index (χ2v) is 7.13. The molecule has 0 saturated heterocycles. The second kappa shape index (κ2) is 9.56. The van der Waals surface area contributed by atoms with Gasteiger partial charge < -0.3 is 14.5 Å². The Hall–Kier alpha value is -4.85. The minimum Gasteiger partial charge on any atom is -0.450 e. The number of carbonyl (C=O) groups is 2. The van der Waals surface area contributed by atoms with E-state index >= 15 is 0 Å². The minimum atomic E-state index is -4.53. The van der Waals surface area contributed by atoms with Gasteiger partial charge in [-0.05, 0) is 36.4 Å². The number of nitriles is 1. The molecule has 4 aromatic rings. The fourth-order valence-electron chi connectivity index (χ4n) is 3.14. The molecule has 0 fully saturated rings. The normalized spacial score (nSPS) is 11.0. The van der Waals surface area contributed by atoms with Gasteiger partial charge in [0.2, 0.25) is 5.76 Å². The van der Waals surface area contributed by atoms with Crippen LogP contribution in [0, 0.1) is 11.3 Å². The number of aromatic nitrogens is 2. The Balaban J connectivity index is 1.42. The summed E-state index contributed by atoms with van der Waals surface area (Å²) < 4.78 is 50.4. The standard InChI is InChI=1S/C24H15F3N4O4/c25-24(26,27)17-6-4-5-15(11-17)19-9-10-20(35-19)23(33)34-14-21(32)30-22-16(12-28)13-29-31(22)18-7-2-1-3-8-18/h1-11,13H,14H2,(H,30,32). The lowest BCUT2D eigenvalue weighted by Gasteiger charge is -2.09. The Morgan fingerprint density at radius 1 is 1.09 bits per heavy atom. The van der Waals surface area contributed by atoms with Gasteiger partial charge in [0, 0.05) is 5.56 Å². The summed E-state index contributed by atoms with van der Waals surface area (Å²) in [5, 5.41) is 15.9. The monoisotopic (exact) mass is 480 g/mol. The third-order valence-electron chi connectivity index (χ3n) is 4.76. The van der Waals surface area contributed by atoms with Crippen LogP contribution >= 0.6 is 0 Å². The smallest absolute Gasteiger partial charge is 0.416 e. The van der Waals surface area contributed by atoms with Crippen LogP contribution in [0.2, 0.25) is 0 Å². The highest BCUT2D eigenvalue weighted by molar-refractivity contribution is 5.95. The number of anilines is 1. The van der Waals surface area contributed by atoms with E-state index in [1.54, 1.807) is 30.3 Å². The van der Waals surface area contributed by atoms with E-state index in [9.17, 15) is 28.0 Å². The molecule has 0 spiro atoms. The van der Waals surface area contributed by atoms with Crippen LogP contribution in [0.5, 0.6) is 0 Å². The molecule has 11 heteroatoms. The number of benzene rings is 2. The number of nitrogens with zero attached hydrogens (tertiary/aromatic N) is 3. The van der Waals surface area contributed by atoms with Gasteiger partial charge in [-0.15, -0.1) is 0 Å². The van der Waals surface area contributed by atoms with E-state index in [4.69, 9.17) is 9.15 Å². The minimum absolute atomic E-state index is 0.0259. The molecule has 0 unspecified atom stereocenters. The summed E-state index contributed by atoms with van der Waals surface area (Å²) in [5.74, 6) is -1.90. The number of hydrogen-bond donors (Lipinski definition) is 1. The maximum absolute atomic E-state index is 12.9. The zero-order valence-electron chi connectivity index (χ0n) is 17.7. The average molecular weight is 480 g/mol. The molecule has 2 aromatic carbocycles. The van der Waals surface area contributed by atoms with E-state index in [-0.39, 0.29) is 28.5 Å². The van der Waals surface area contributed by atoms with E-state index in [2.05, 4.69) is 10.4 Å². The highest BCUT2D eigenvalue weighted by Crippen LogP contribution is 2.32. The number of hydrogen-bond acceptors (Lipinski definition) is 6. The highest BCUT2D eigenvalue weighted by atomic mass is 19.4. The maximum Gasteiger partial charge on any atom is 0.416 e. The molecule has 1 N–H and O–H groups in total. The van der Waals surface area contributed by atoms with Gasteiger partial charge in [0.1, 0.15) is 17.4 Å². The average Bonchev–Trinajstić information content (AvgIpc) is 3.50. The summed E-state index contributed by atoms with van der Waals surface area (Å²) in [6, 6.07) is 17.7. The topological polar surface area (TPSA) is 110 Å². The van der Waals surface area contributed by atoms with E-state index in [1.165, 1.54) is 35.1 Å². The zero-order valence-corrected chi connectivity index (χ0v) is 17.7. The number of amides is 1. The van der Waals surface area contributed by atoms with Crippen LogP contribution in [0.15, 0.2) is 77.3 Å². The van der Waals surface area contributed by atoms with Gasteiger partial charge in [-0.1, -0.05) is 30.3 Å². The van der Waals surface area contributed by atoms with Crippen molar-refractivity contribution in [1.82, 2.24) is 9.78 Å². The first-order chi connectivity index (χ1) is 16.8. The fourth-order valence-corrected chi connectivity index (χ4v) is 3.14. The number of para-hydroxylation sites is 1. The molecule has 1 amide bonds. The molecule has 176 valence electrons. The van der Waals surface area contributed by atoms with E-state index in [0.717, 1.165) is 12.1 Å². The van der Waals surface area contributed by atoms with Crippen molar-refractivity contribution in [1.29, 1.82) is 5.26 Å². The summed E-state index contributed by atoms with van der Waals surface area (Å²) in [5.41, 5.74) is -0.0437. The van der Waals surface area contributed by atoms with Crippen molar-refractivity contribution in [2.75, 3.05) is 11.9 Å². The molecular formula is C24H15F3N4O4. The molecule has 0 aliphatic carbocycles. The largest absolute Gasteiger partial charge is 0.450 e. The molecule has 4 rings (SSSR count). The van der Waals surface area contributed by atoms with Gasteiger partial charge in [-0.2, -0.15) is 23.5 Å². The molecule has 2 heterocycles. The van der Waals surface area contributed by atoms with Crippen molar-refractivity contribution in [3.8, 4) is 23.1 Å². The molecule has 8 nitrogen and oxygen atoms in total. The van der Waals surface area contributed by atoms with Crippen molar-refractivity contribution in [2.45, 2.75) is 6.18 Å². The maximum atomic E-state index is 12.9. The third-order valence-corrected chi connectivity index (χ3v) is 4.76. The number of rotatable bonds is 6. The highest BCUT2D eigenvalue weighted by Gasteiger charge is 2.30. The SMILES string of the molecule is N#Cc1cnn(-c2ccccc2)c1NC(=O)COC(=O)c1ccc(-c2cccc(C(F)(F)F)c2)o1. The molecule has 0 saturated carbocycles. The first kappa shape index (κ1) is 23.3. The number of nitrogens with one attached hydrogen (secondary N) is 1. The number of alkyl halides is 3. The van der Waals surface area contributed by atoms with Gasteiger partial charge >= 0.3 is 12.1 Å². The van der Waals surface area contributed by atoms with Crippen LogP contribution in [0.3, 0.4) is 0 Å². The van der Waals surface area contributed by atoms with Gasteiger partial charge in [-0.25, -0.2) is 9.48 Å². The van der Waals surface area contributed by atoms with E-state index < -0.39 is 30.2 Å². The second-order valence-electron chi connectivity index (χ2n) is 7.13. The van der Waals surface area contributed by atoms with Gasteiger partial charge in [0.15, 0.2) is 12.4 Å². The van der Waals surface area contributed by atoms with Crippen LogP contribution in [-0.4, -0.2) is 28.3 Å². The first-order valence-electron chi connectivity index (χ1n) is 10.0. The summed E-state index contributed by atoms with van der Waals surface area (Å²) in [4.78, 5) is 24.7. The predicted molar refractivity (Wildman–Crippen MR) is 116 cm³/mol. The van der Waals surface area contributed by atoms with Crippen LogP contribution in [0.4, 0.5) is 19.0 Å². The molecule has 0 aliphatic heterocycles. The van der Waals surface area contributed by atoms with Crippen LogP contribution in [-0.2, 0) is 15.7 Å². The lowest BCUT2D eigenvalue weighted by Crippen LogP contribution is -2.22. The number of carbonyl (C=O) groups excluding carboxylic acids is 2. The van der Waals surface area contributed by atoms with Gasteiger partial charge in [0.25, 0.3) is 5.91 Å². The molecule has 35 heavy (non-hydrogen) atoms. The van der Waals surface area contributed by atoms with Gasteiger partial charge in [0.05, 0.1) is 17.4 Å². The fraction of sp³-hybridized carbons (Fsp3) is 0.0833. The van der Waals surface area contributed by atoms with Crippen molar-refractivity contribution in [3.05, 3.63) is 89.8 Å². The Kier molecular flexibility index (Phi) is 6.37. The van der Waals surface area contributed by atoms with Crippen LogP contribution in [0.1, 0.15) is 21.7 Å². The third kappa shape index (κ3) is 5.22. The Morgan fingerprint density at radius 3 is 2.57 bits per heavy atom. The van der Waals surface area contributed by atoms with E-state index in [1.807, 2.05) is 6.07 Å². The Labute approximate surface area is 196 Å². The summed E-state index contributed by atoms with van der Waals surface area (Å²) in [7, 11) is 0. The Bertz CT molecular complexity index is 1420. The first-order valence-corrected chi connectivity index (χ1v) is 10.0. The van der Waals surface area contributed by atoms with Crippen molar-refractivity contribution >= 4 is 17.7 Å². The Morgan fingerprint density at radius 2 is 1.86 bits per heavy atom. The summed E-state index contributed by atoms with van der Waals surface area (Å²) in [6.07, 6.45) is -3.24. The molecule has 0 radical (unpaired) electrons. The zero-order chi connectivity index (χ0) is 25.0. The predicted octanol–water partition coefficient (Wildman–Crippen LogP) is 4.82. The van der Waals surface area contributed by atoms with Crippen LogP contribution < -0.4 is 5.32 Å². The lowest BCUT2D eigenvalue weighted by molar-refractivity contribution is -0.137. The molecule has 2 aromatic heterocycles. The van der Waals surface area contributed by atoms with Crippen molar-refractivity contribution in [3.63, 3.8) is 0 Å². The number of ether oxygens (including phenoxy) is 1. The van der Waals surface area contributed by atoms with E-state index in [0.29, 0.717) is 5.69 Å². The van der Waals surface area contributed by atoms with Crippen LogP contribution in [0.25, 0.3) is 17.0 Å². The summed E-state index contributed by atoms with van der Waals surface area (Å²) in [6.45, 7) is -0.705. The number of halogens is 3.